The molecule has 0 aliphatic rings. The molecule has 3 aromatic rings. The highest BCUT2D eigenvalue weighted by Crippen LogP contribution is 2.20. The fourth-order valence-electron chi connectivity index (χ4n) is 2.54. The van der Waals surface area contributed by atoms with Gasteiger partial charge in [-0.15, -0.1) is 0 Å². The first kappa shape index (κ1) is 19.2. The molecule has 8 heteroatoms. The average Bonchev–Trinajstić information content (AvgIpc) is 2.66. The molecule has 0 fully saturated rings. The summed E-state index contributed by atoms with van der Waals surface area (Å²) >= 11 is 3.18. The molecule has 1 aromatic heterocycles. The van der Waals surface area contributed by atoms with Crippen LogP contribution in [0.4, 0.5) is 8.78 Å². The first-order valence-electron chi connectivity index (χ1n) is 8.08. The fourth-order valence-corrected chi connectivity index (χ4v) is 2.99. The van der Waals surface area contributed by atoms with Gasteiger partial charge in [0.25, 0.3) is 5.56 Å². The van der Waals surface area contributed by atoms with Gasteiger partial charge in [-0.3, -0.25) is 9.36 Å². The van der Waals surface area contributed by atoms with Gasteiger partial charge >= 0.3 is 0 Å². The van der Waals surface area contributed by atoms with Crippen molar-refractivity contribution in [2.24, 2.45) is 5.73 Å². The van der Waals surface area contributed by atoms with Crippen LogP contribution in [-0.4, -0.2) is 9.55 Å². The van der Waals surface area contributed by atoms with Crippen LogP contribution in [0.2, 0.25) is 0 Å². The van der Waals surface area contributed by atoms with Crippen molar-refractivity contribution >= 4 is 15.9 Å². The lowest BCUT2D eigenvalue weighted by atomic mass is 10.1. The number of hydrogen-bond donors (Lipinski definition) is 1. The molecule has 0 amide bonds. The van der Waals surface area contributed by atoms with E-state index in [1.165, 1.54) is 17.0 Å². The normalized spacial score (nSPS) is 10.8. The highest BCUT2D eigenvalue weighted by atomic mass is 79.9. The second kappa shape index (κ2) is 8.41. The van der Waals surface area contributed by atoms with Gasteiger partial charge in [-0.2, -0.15) is 0 Å². The minimum Gasteiger partial charge on any atom is -0.472 e. The zero-order chi connectivity index (χ0) is 19.4. The second-order valence-electron chi connectivity index (χ2n) is 5.79. The standard InChI is InChI=1S/C19H16BrF2N3O2/c20-17-18(27-10-14-5-6-15(21)7-16(14)22)24-11-25(19(17)26)9-13-4-2-1-3-12(13)8-23/h1-7,11H,8-10,23H2. The van der Waals surface area contributed by atoms with Gasteiger partial charge in [-0.05, 0) is 39.2 Å². The van der Waals surface area contributed by atoms with E-state index < -0.39 is 11.6 Å². The van der Waals surface area contributed by atoms with Crippen molar-refractivity contribution < 1.29 is 13.5 Å². The molecule has 0 radical (unpaired) electrons. The highest BCUT2D eigenvalue weighted by Gasteiger charge is 2.13. The minimum atomic E-state index is -0.724. The van der Waals surface area contributed by atoms with Crippen molar-refractivity contribution in [3.05, 3.63) is 91.9 Å². The summed E-state index contributed by atoms with van der Waals surface area (Å²) in [5.41, 5.74) is 7.40. The Kier molecular flexibility index (Phi) is 5.98. The maximum atomic E-state index is 13.7. The predicted octanol–water partition coefficient (Wildman–Crippen LogP) is 3.37. The van der Waals surface area contributed by atoms with Gasteiger partial charge in [0, 0.05) is 18.2 Å². The molecule has 0 bridgehead atoms. The van der Waals surface area contributed by atoms with E-state index in [0.717, 1.165) is 23.3 Å². The molecule has 0 aliphatic carbocycles. The minimum absolute atomic E-state index is 0.0343. The molecular formula is C19H16BrF2N3O2. The summed E-state index contributed by atoms with van der Waals surface area (Å²) in [6.07, 6.45) is 1.36. The van der Waals surface area contributed by atoms with Crippen LogP contribution in [0.1, 0.15) is 16.7 Å². The third-order valence-corrected chi connectivity index (χ3v) is 4.69. The molecule has 0 unspecified atom stereocenters. The van der Waals surface area contributed by atoms with Crippen molar-refractivity contribution in [2.75, 3.05) is 0 Å². The quantitative estimate of drug-likeness (QED) is 0.644. The summed E-state index contributed by atoms with van der Waals surface area (Å²) in [7, 11) is 0. The summed E-state index contributed by atoms with van der Waals surface area (Å²) < 4.78 is 33.6. The van der Waals surface area contributed by atoms with Crippen LogP contribution in [0.5, 0.6) is 5.88 Å². The molecular weight excluding hydrogens is 420 g/mol. The Hall–Kier alpha value is -2.58. The van der Waals surface area contributed by atoms with E-state index >= 15 is 0 Å². The average molecular weight is 436 g/mol. The van der Waals surface area contributed by atoms with Crippen LogP contribution < -0.4 is 16.0 Å². The molecule has 2 N–H and O–H groups in total. The SMILES string of the molecule is NCc1ccccc1Cn1cnc(OCc2ccc(F)cc2F)c(Br)c1=O. The molecule has 0 aliphatic heterocycles. The lowest BCUT2D eigenvalue weighted by molar-refractivity contribution is 0.283. The number of nitrogens with zero attached hydrogens (tertiary/aromatic N) is 2. The fraction of sp³-hybridized carbons (Fsp3) is 0.158. The van der Waals surface area contributed by atoms with Crippen molar-refractivity contribution in [1.29, 1.82) is 0 Å². The summed E-state index contributed by atoms with van der Waals surface area (Å²) in [6.45, 7) is 0.492. The van der Waals surface area contributed by atoms with Crippen molar-refractivity contribution in [1.82, 2.24) is 9.55 Å². The van der Waals surface area contributed by atoms with Crippen LogP contribution in [0.25, 0.3) is 0 Å². The molecule has 5 nitrogen and oxygen atoms in total. The molecule has 140 valence electrons. The van der Waals surface area contributed by atoms with E-state index in [1.807, 2.05) is 24.3 Å². The maximum Gasteiger partial charge on any atom is 0.271 e. The van der Waals surface area contributed by atoms with E-state index in [9.17, 15) is 13.6 Å². The first-order valence-corrected chi connectivity index (χ1v) is 8.87. The third kappa shape index (κ3) is 4.40. The Labute approximate surface area is 162 Å². The lowest BCUT2D eigenvalue weighted by Crippen LogP contribution is -2.23. The number of halogens is 3. The lowest BCUT2D eigenvalue weighted by Gasteiger charge is -2.12. The van der Waals surface area contributed by atoms with Crippen molar-refractivity contribution in [3.63, 3.8) is 0 Å². The Morgan fingerprint density at radius 1 is 1.11 bits per heavy atom. The van der Waals surface area contributed by atoms with Gasteiger partial charge in [-0.1, -0.05) is 24.3 Å². The third-order valence-electron chi connectivity index (χ3n) is 4.01. The predicted molar refractivity (Wildman–Crippen MR) is 100 cm³/mol. The topological polar surface area (TPSA) is 70.1 Å². The molecule has 3 rings (SSSR count). The summed E-state index contributed by atoms with van der Waals surface area (Å²) in [4.78, 5) is 16.7. The Morgan fingerprint density at radius 3 is 2.56 bits per heavy atom. The Balaban J connectivity index is 1.79. The smallest absolute Gasteiger partial charge is 0.271 e. The number of aromatic nitrogens is 2. The van der Waals surface area contributed by atoms with Crippen molar-refractivity contribution in [3.8, 4) is 5.88 Å². The number of ether oxygens (including phenoxy) is 1. The maximum absolute atomic E-state index is 13.7. The van der Waals surface area contributed by atoms with Gasteiger partial charge in [-0.25, -0.2) is 13.8 Å². The zero-order valence-electron chi connectivity index (χ0n) is 14.2. The van der Waals surface area contributed by atoms with Crippen LogP contribution >= 0.6 is 15.9 Å². The van der Waals surface area contributed by atoms with Gasteiger partial charge in [0.1, 0.15) is 29.0 Å². The number of nitrogens with two attached hydrogens (primary N) is 1. The van der Waals surface area contributed by atoms with E-state index in [-0.39, 0.29) is 28.1 Å². The molecule has 0 atom stereocenters. The molecule has 1 heterocycles. The molecule has 0 spiro atoms. The van der Waals surface area contributed by atoms with E-state index in [0.29, 0.717) is 13.1 Å². The monoisotopic (exact) mass is 435 g/mol. The van der Waals surface area contributed by atoms with Crippen LogP contribution in [0.3, 0.4) is 0 Å². The second-order valence-corrected chi connectivity index (χ2v) is 6.59. The highest BCUT2D eigenvalue weighted by molar-refractivity contribution is 9.10. The number of hydrogen-bond acceptors (Lipinski definition) is 4. The Bertz CT molecular complexity index is 1020. The van der Waals surface area contributed by atoms with Crippen LogP contribution in [0.15, 0.2) is 58.1 Å². The van der Waals surface area contributed by atoms with Gasteiger partial charge in [0.2, 0.25) is 5.88 Å². The molecule has 2 aromatic carbocycles. The van der Waals surface area contributed by atoms with Gasteiger partial charge in [0.15, 0.2) is 0 Å². The van der Waals surface area contributed by atoms with E-state index in [2.05, 4.69) is 20.9 Å². The van der Waals surface area contributed by atoms with Gasteiger partial charge < -0.3 is 10.5 Å². The van der Waals surface area contributed by atoms with Crippen LogP contribution in [0, 0.1) is 11.6 Å². The van der Waals surface area contributed by atoms with E-state index in [4.69, 9.17) is 10.5 Å². The molecule has 27 heavy (non-hydrogen) atoms. The first-order chi connectivity index (χ1) is 13.0. The largest absolute Gasteiger partial charge is 0.472 e. The summed E-state index contributed by atoms with van der Waals surface area (Å²) in [6, 6.07) is 10.7. The molecule has 0 saturated heterocycles. The number of benzene rings is 2. The summed E-state index contributed by atoms with van der Waals surface area (Å²) in [5.74, 6) is -1.36. The zero-order valence-corrected chi connectivity index (χ0v) is 15.7. The van der Waals surface area contributed by atoms with Crippen LogP contribution in [-0.2, 0) is 19.7 Å². The Morgan fingerprint density at radius 2 is 1.85 bits per heavy atom. The summed E-state index contributed by atoms with van der Waals surface area (Å²) in [5, 5.41) is 0. The molecule has 0 saturated carbocycles. The number of rotatable bonds is 6. The van der Waals surface area contributed by atoms with E-state index in [1.54, 1.807) is 0 Å². The van der Waals surface area contributed by atoms with Crippen molar-refractivity contribution in [2.45, 2.75) is 19.7 Å². The van der Waals surface area contributed by atoms with Gasteiger partial charge in [0.05, 0.1) is 6.54 Å².